The number of nitrogens with two attached hydrogens (primary N) is 1. The lowest BCUT2D eigenvalue weighted by atomic mass is 10.1. The molecule has 0 spiro atoms. The molecule has 1 aromatic rings. The Hall–Kier alpha value is -2.16. The van der Waals surface area contributed by atoms with Crippen molar-refractivity contribution in [3.8, 4) is 5.88 Å². The van der Waals surface area contributed by atoms with Gasteiger partial charge in [-0.3, -0.25) is 4.79 Å². The van der Waals surface area contributed by atoms with E-state index in [-0.39, 0.29) is 36.0 Å². The smallest absolute Gasteiger partial charge is 0.407 e. The molecule has 1 fully saturated rings. The van der Waals surface area contributed by atoms with E-state index in [0.717, 1.165) is 11.1 Å². The Morgan fingerprint density at radius 1 is 1.57 bits per heavy atom. The number of ether oxygens (including phenoxy) is 1. The van der Waals surface area contributed by atoms with Gasteiger partial charge >= 0.3 is 6.09 Å². The summed E-state index contributed by atoms with van der Waals surface area (Å²) in [4.78, 5) is 23.0. The molecule has 3 N–H and O–H groups in total. The van der Waals surface area contributed by atoms with E-state index in [2.05, 4.69) is 10.2 Å². The number of primary amides is 1. The maximum absolute atomic E-state index is 14.0. The van der Waals surface area contributed by atoms with Crippen LogP contribution in [0.25, 0.3) is 0 Å². The molecule has 1 saturated heterocycles. The van der Waals surface area contributed by atoms with Crippen LogP contribution in [0.2, 0.25) is 5.02 Å². The third-order valence-electron chi connectivity index (χ3n) is 3.03. The second-order valence-corrected chi connectivity index (χ2v) is 4.83. The van der Waals surface area contributed by atoms with E-state index < -0.39 is 24.3 Å². The van der Waals surface area contributed by atoms with E-state index >= 15 is 0 Å². The molecule has 0 radical (unpaired) electrons. The van der Waals surface area contributed by atoms with Crippen molar-refractivity contribution in [1.82, 2.24) is 15.1 Å². The van der Waals surface area contributed by atoms with Crippen LogP contribution in [0.1, 0.15) is 16.8 Å². The van der Waals surface area contributed by atoms with Gasteiger partial charge in [0.1, 0.15) is 11.7 Å². The molecular weight excluding hydrogens is 307 g/mol. The van der Waals surface area contributed by atoms with Gasteiger partial charge in [-0.05, 0) is 0 Å². The number of alkyl halides is 1. The quantitative estimate of drug-likeness (QED) is 0.846. The Kier molecular flexibility index (Phi) is 4.41. The van der Waals surface area contributed by atoms with Crippen LogP contribution < -0.4 is 10.5 Å². The van der Waals surface area contributed by atoms with Crippen LogP contribution in [0.15, 0.2) is 6.20 Å². The van der Waals surface area contributed by atoms with Gasteiger partial charge in [-0.25, -0.2) is 9.18 Å². The van der Waals surface area contributed by atoms with E-state index in [1.807, 2.05) is 0 Å². The molecule has 1 aliphatic rings. The fraction of sp³-hybridized carbons (Fsp3) is 0.455. The van der Waals surface area contributed by atoms with Crippen molar-refractivity contribution in [2.45, 2.75) is 18.7 Å². The number of hydrogen-bond acceptors (Lipinski definition) is 5. The number of nitrogens with zero attached hydrogens (tertiary/aromatic N) is 3. The summed E-state index contributed by atoms with van der Waals surface area (Å²) in [5.74, 6) is -1.13. The molecular formula is C11H12ClFN4O4. The highest BCUT2D eigenvalue weighted by Crippen LogP contribution is 2.26. The lowest BCUT2D eigenvalue weighted by Crippen LogP contribution is -2.49. The van der Waals surface area contributed by atoms with Crippen LogP contribution in [0.3, 0.4) is 0 Å². The number of carbonyl (C=O) groups is 2. The first-order valence-corrected chi connectivity index (χ1v) is 6.37. The summed E-state index contributed by atoms with van der Waals surface area (Å²) < 4.78 is 19.3. The third-order valence-corrected chi connectivity index (χ3v) is 3.32. The van der Waals surface area contributed by atoms with Gasteiger partial charge in [-0.15, -0.1) is 5.10 Å². The summed E-state index contributed by atoms with van der Waals surface area (Å²) in [6.45, 7) is -0.208. The summed E-state index contributed by atoms with van der Waals surface area (Å²) in [5.41, 5.74) is 4.99. The zero-order chi connectivity index (χ0) is 15.6. The number of piperidine rings is 1. The van der Waals surface area contributed by atoms with Crippen LogP contribution in [-0.4, -0.2) is 57.6 Å². The van der Waals surface area contributed by atoms with Gasteiger partial charge < -0.3 is 20.5 Å². The predicted molar refractivity (Wildman–Crippen MR) is 69.1 cm³/mol. The summed E-state index contributed by atoms with van der Waals surface area (Å²) in [7, 11) is 0. The number of carbonyl (C=O) groups excluding carboxylic acids is 1. The number of likely N-dealkylation sites (tertiary alicyclic amines) is 1. The van der Waals surface area contributed by atoms with Gasteiger partial charge in [0, 0.05) is 13.0 Å². The maximum atomic E-state index is 14.0. The van der Waals surface area contributed by atoms with Crippen LogP contribution in [0.5, 0.6) is 5.88 Å². The van der Waals surface area contributed by atoms with E-state index in [1.165, 1.54) is 0 Å². The Bertz CT molecular complexity index is 573. The van der Waals surface area contributed by atoms with Crippen molar-refractivity contribution in [1.29, 1.82) is 0 Å². The van der Waals surface area contributed by atoms with Crippen molar-refractivity contribution >= 4 is 23.6 Å². The van der Waals surface area contributed by atoms with Crippen molar-refractivity contribution in [3.63, 3.8) is 0 Å². The standard InChI is InChI=1S/C11H12ClFN4O4/c12-5-3-15-16-10(8(5)9(14)18)21-7-1-2-17(11(19)20)4-6(7)13/h3,6-7H,1-2,4H2,(H2,14,18)(H,19,20)/t6-,7+/m1/s1. The fourth-order valence-corrected chi connectivity index (χ4v) is 2.21. The molecule has 0 unspecified atom stereocenters. The van der Waals surface area contributed by atoms with E-state index in [4.69, 9.17) is 27.2 Å². The van der Waals surface area contributed by atoms with Gasteiger partial charge in [-0.2, -0.15) is 5.10 Å². The fourth-order valence-electron chi connectivity index (χ4n) is 1.99. The van der Waals surface area contributed by atoms with Gasteiger partial charge in [0.2, 0.25) is 5.88 Å². The lowest BCUT2D eigenvalue weighted by molar-refractivity contribution is 0.0217. The van der Waals surface area contributed by atoms with Gasteiger partial charge in [-0.1, -0.05) is 11.6 Å². The maximum Gasteiger partial charge on any atom is 0.407 e. The van der Waals surface area contributed by atoms with Gasteiger partial charge in [0.25, 0.3) is 5.91 Å². The Balaban J connectivity index is 2.15. The summed E-state index contributed by atoms with van der Waals surface area (Å²) in [6.07, 6.45) is -2.48. The number of carboxylic acid groups (broad SMARTS) is 1. The summed E-state index contributed by atoms with van der Waals surface area (Å²) in [5, 5.41) is 15.9. The van der Waals surface area contributed by atoms with Crippen molar-refractivity contribution < 1.29 is 23.8 Å². The summed E-state index contributed by atoms with van der Waals surface area (Å²) >= 11 is 5.78. The minimum absolute atomic E-state index is 0.0501. The topological polar surface area (TPSA) is 119 Å². The number of rotatable bonds is 3. The van der Waals surface area contributed by atoms with Crippen molar-refractivity contribution in [3.05, 3.63) is 16.8 Å². The molecule has 21 heavy (non-hydrogen) atoms. The molecule has 0 aromatic carbocycles. The normalized spacial score (nSPS) is 21.9. The average Bonchev–Trinajstić information content (AvgIpc) is 2.40. The molecule has 0 bridgehead atoms. The highest BCUT2D eigenvalue weighted by molar-refractivity contribution is 6.33. The largest absolute Gasteiger partial charge is 0.469 e. The number of halogens is 2. The SMILES string of the molecule is NC(=O)c1c(Cl)cnnc1O[C@H]1CCN(C(=O)O)C[C@H]1F. The second kappa shape index (κ2) is 6.08. The van der Waals surface area contributed by atoms with Crippen molar-refractivity contribution in [2.24, 2.45) is 5.73 Å². The van der Waals surface area contributed by atoms with E-state index in [0.29, 0.717) is 0 Å². The van der Waals surface area contributed by atoms with Crippen LogP contribution in [0.4, 0.5) is 9.18 Å². The number of hydrogen-bond donors (Lipinski definition) is 2. The highest BCUT2D eigenvalue weighted by Gasteiger charge is 2.34. The van der Waals surface area contributed by atoms with Crippen molar-refractivity contribution in [2.75, 3.05) is 13.1 Å². The number of amides is 2. The molecule has 8 nitrogen and oxygen atoms in total. The Labute approximate surface area is 123 Å². The molecule has 2 rings (SSSR count). The minimum atomic E-state index is -1.56. The molecule has 2 atom stereocenters. The summed E-state index contributed by atoms with van der Waals surface area (Å²) in [6, 6.07) is 0. The molecule has 1 aromatic heterocycles. The zero-order valence-corrected chi connectivity index (χ0v) is 11.5. The zero-order valence-electron chi connectivity index (χ0n) is 10.7. The minimum Gasteiger partial charge on any atom is -0.469 e. The second-order valence-electron chi connectivity index (χ2n) is 4.43. The van der Waals surface area contributed by atoms with E-state index in [1.54, 1.807) is 0 Å². The molecule has 1 aliphatic heterocycles. The molecule has 114 valence electrons. The number of aromatic nitrogens is 2. The first kappa shape index (κ1) is 15.2. The predicted octanol–water partition coefficient (Wildman–Crippen LogP) is 0.698. The highest BCUT2D eigenvalue weighted by atomic mass is 35.5. The van der Waals surface area contributed by atoms with Crippen LogP contribution in [-0.2, 0) is 0 Å². The molecule has 2 amide bonds. The lowest BCUT2D eigenvalue weighted by Gasteiger charge is -2.32. The Morgan fingerprint density at radius 3 is 2.86 bits per heavy atom. The first-order valence-electron chi connectivity index (χ1n) is 5.99. The van der Waals surface area contributed by atoms with Gasteiger partial charge in [0.15, 0.2) is 6.17 Å². The van der Waals surface area contributed by atoms with Crippen LogP contribution >= 0.6 is 11.6 Å². The molecule has 2 heterocycles. The molecule has 0 saturated carbocycles. The average molecular weight is 319 g/mol. The first-order chi connectivity index (χ1) is 9.90. The molecule has 10 heteroatoms. The van der Waals surface area contributed by atoms with Crippen LogP contribution in [0, 0.1) is 0 Å². The van der Waals surface area contributed by atoms with Gasteiger partial charge in [0.05, 0.1) is 17.8 Å². The Morgan fingerprint density at radius 2 is 2.29 bits per heavy atom. The third kappa shape index (κ3) is 3.30. The molecule has 0 aliphatic carbocycles. The monoisotopic (exact) mass is 318 g/mol. The van der Waals surface area contributed by atoms with E-state index in [9.17, 15) is 14.0 Å².